The van der Waals surface area contributed by atoms with Crippen molar-refractivity contribution < 1.29 is 8.78 Å². The Bertz CT molecular complexity index is 622. The Labute approximate surface area is 115 Å². The molecule has 98 valence electrons. The highest BCUT2D eigenvalue weighted by Crippen LogP contribution is 2.55. The van der Waals surface area contributed by atoms with Crippen LogP contribution in [0.2, 0.25) is 0 Å². The maximum Gasteiger partial charge on any atom is 0.133 e. The Hall–Kier alpha value is -1.48. The predicted octanol–water partition coefficient (Wildman–Crippen LogP) is 5.15. The van der Waals surface area contributed by atoms with Crippen LogP contribution in [0.15, 0.2) is 36.2 Å². The van der Waals surface area contributed by atoms with E-state index in [0.717, 1.165) is 6.42 Å². The van der Waals surface area contributed by atoms with Gasteiger partial charge in [-0.15, -0.1) is 11.3 Å². The molecule has 0 amide bonds. The van der Waals surface area contributed by atoms with Gasteiger partial charge in [0.15, 0.2) is 0 Å². The van der Waals surface area contributed by atoms with Gasteiger partial charge in [0.2, 0.25) is 0 Å². The molecule has 0 radical (unpaired) electrons. The zero-order valence-corrected chi connectivity index (χ0v) is 11.4. The lowest BCUT2D eigenvalue weighted by atomic mass is 10.0. The monoisotopic (exact) mass is 276 g/mol. The van der Waals surface area contributed by atoms with E-state index in [9.17, 15) is 8.78 Å². The molecule has 2 atom stereocenters. The molecule has 2 aromatic rings. The van der Waals surface area contributed by atoms with Crippen LogP contribution in [0.1, 0.15) is 28.3 Å². The SMILES string of the molecule is C=C(c1c(F)cccc1F)C1CC1c1cc(C)cs1. The van der Waals surface area contributed by atoms with Gasteiger partial charge < -0.3 is 0 Å². The average molecular weight is 276 g/mol. The number of aryl methyl sites for hydroxylation is 1. The molecule has 1 heterocycles. The molecule has 3 heteroatoms. The van der Waals surface area contributed by atoms with Crippen LogP contribution in [0.4, 0.5) is 8.78 Å². The molecule has 0 bridgehead atoms. The van der Waals surface area contributed by atoms with Crippen LogP contribution < -0.4 is 0 Å². The standard InChI is InChI=1S/C16H14F2S/c1-9-6-15(19-8-9)12-7-11(12)10(2)16-13(17)4-3-5-14(16)18/h3-6,8,11-12H,2,7H2,1H3. The van der Waals surface area contributed by atoms with Crippen molar-refractivity contribution in [3.05, 3.63) is 63.9 Å². The normalized spacial score (nSPS) is 21.4. The maximum atomic E-state index is 13.7. The topological polar surface area (TPSA) is 0 Å². The van der Waals surface area contributed by atoms with Crippen molar-refractivity contribution in [3.8, 4) is 0 Å². The van der Waals surface area contributed by atoms with Gasteiger partial charge in [0, 0.05) is 16.4 Å². The van der Waals surface area contributed by atoms with Crippen LogP contribution >= 0.6 is 11.3 Å². The number of allylic oxidation sites excluding steroid dienone is 1. The summed E-state index contributed by atoms with van der Waals surface area (Å²) in [7, 11) is 0. The third-order valence-corrected chi connectivity index (χ3v) is 4.82. The van der Waals surface area contributed by atoms with Crippen LogP contribution in [-0.2, 0) is 0 Å². The van der Waals surface area contributed by atoms with Gasteiger partial charge in [-0.25, -0.2) is 8.78 Å². The second-order valence-electron chi connectivity index (χ2n) is 5.10. The van der Waals surface area contributed by atoms with Gasteiger partial charge >= 0.3 is 0 Å². The highest BCUT2D eigenvalue weighted by atomic mass is 32.1. The molecule has 1 aliphatic carbocycles. The molecular weight excluding hydrogens is 262 g/mol. The third-order valence-electron chi connectivity index (χ3n) is 3.64. The van der Waals surface area contributed by atoms with E-state index in [0.29, 0.717) is 11.5 Å². The summed E-state index contributed by atoms with van der Waals surface area (Å²) < 4.78 is 27.4. The molecule has 1 fully saturated rings. The van der Waals surface area contributed by atoms with Crippen molar-refractivity contribution in [2.75, 3.05) is 0 Å². The first kappa shape index (κ1) is 12.5. The zero-order chi connectivity index (χ0) is 13.6. The Morgan fingerprint density at radius 3 is 2.58 bits per heavy atom. The summed E-state index contributed by atoms with van der Waals surface area (Å²) >= 11 is 1.72. The fourth-order valence-electron chi connectivity index (χ4n) is 2.53. The first-order chi connectivity index (χ1) is 9.08. The summed E-state index contributed by atoms with van der Waals surface area (Å²) in [4.78, 5) is 1.29. The van der Waals surface area contributed by atoms with E-state index in [1.165, 1.54) is 28.6 Å². The third kappa shape index (κ3) is 2.23. The van der Waals surface area contributed by atoms with Gasteiger partial charge in [-0.3, -0.25) is 0 Å². The van der Waals surface area contributed by atoms with Gasteiger partial charge in [0.05, 0.1) is 0 Å². The summed E-state index contributed by atoms with van der Waals surface area (Å²) in [5, 5.41) is 2.11. The van der Waals surface area contributed by atoms with Crippen molar-refractivity contribution in [1.82, 2.24) is 0 Å². The largest absolute Gasteiger partial charge is 0.206 e. The number of rotatable bonds is 3. The van der Waals surface area contributed by atoms with E-state index in [-0.39, 0.29) is 11.5 Å². The van der Waals surface area contributed by atoms with E-state index in [1.807, 2.05) is 0 Å². The van der Waals surface area contributed by atoms with Crippen LogP contribution in [0.25, 0.3) is 5.57 Å². The minimum atomic E-state index is -0.516. The summed E-state index contributed by atoms with van der Waals surface area (Å²) in [6, 6.07) is 6.11. The first-order valence-electron chi connectivity index (χ1n) is 6.26. The van der Waals surface area contributed by atoms with Crippen LogP contribution in [0.5, 0.6) is 0 Å². The molecule has 1 aromatic heterocycles. The van der Waals surface area contributed by atoms with Gasteiger partial charge in [0.25, 0.3) is 0 Å². The second-order valence-corrected chi connectivity index (χ2v) is 6.04. The molecule has 0 saturated heterocycles. The Kier molecular flexibility index (Phi) is 3.02. The lowest BCUT2D eigenvalue weighted by Gasteiger charge is -2.07. The molecule has 0 nitrogen and oxygen atoms in total. The highest BCUT2D eigenvalue weighted by Gasteiger charge is 2.42. The minimum Gasteiger partial charge on any atom is -0.206 e. The predicted molar refractivity (Wildman–Crippen MR) is 75.3 cm³/mol. The van der Waals surface area contributed by atoms with Crippen LogP contribution in [0.3, 0.4) is 0 Å². The van der Waals surface area contributed by atoms with Crippen molar-refractivity contribution in [1.29, 1.82) is 0 Å². The number of halogens is 2. The van der Waals surface area contributed by atoms with Gasteiger partial charge in [-0.2, -0.15) is 0 Å². The Morgan fingerprint density at radius 2 is 2.00 bits per heavy atom. The number of hydrogen-bond donors (Lipinski definition) is 0. The highest BCUT2D eigenvalue weighted by molar-refractivity contribution is 7.10. The average Bonchev–Trinajstić information content (AvgIpc) is 3.05. The molecule has 0 spiro atoms. The number of hydrogen-bond acceptors (Lipinski definition) is 1. The zero-order valence-electron chi connectivity index (χ0n) is 10.6. The molecule has 19 heavy (non-hydrogen) atoms. The molecule has 0 N–H and O–H groups in total. The Morgan fingerprint density at radius 1 is 1.32 bits per heavy atom. The van der Waals surface area contributed by atoms with Crippen LogP contribution in [0, 0.1) is 24.5 Å². The van der Waals surface area contributed by atoms with E-state index < -0.39 is 11.6 Å². The summed E-state index contributed by atoms with van der Waals surface area (Å²) in [6.07, 6.45) is 0.937. The van der Waals surface area contributed by atoms with Crippen molar-refractivity contribution >= 4 is 16.9 Å². The Balaban J connectivity index is 1.84. The summed E-state index contributed by atoms with van der Waals surface area (Å²) in [6.45, 7) is 5.97. The molecule has 1 aliphatic rings. The quantitative estimate of drug-likeness (QED) is 0.727. The van der Waals surface area contributed by atoms with E-state index >= 15 is 0 Å². The fraction of sp³-hybridized carbons (Fsp3) is 0.250. The van der Waals surface area contributed by atoms with Gasteiger partial charge in [0.1, 0.15) is 11.6 Å². The molecule has 3 rings (SSSR count). The van der Waals surface area contributed by atoms with Crippen LogP contribution in [-0.4, -0.2) is 0 Å². The lowest BCUT2D eigenvalue weighted by Crippen LogP contribution is -1.96. The van der Waals surface area contributed by atoms with E-state index in [4.69, 9.17) is 0 Å². The van der Waals surface area contributed by atoms with Gasteiger partial charge in [-0.05, 0) is 54.0 Å². The maximum absolute atomic E-state index is 13.7. The smallest absolute Gasteiger partial charge is 0.133 e. The molecule has 2 unspecified atom stereocenters. The van der Waals surface area contributed by atoms with Crippen molar-refractivity contribution in [2.45, 2.75) is 19.3 Å². The molecule has 1 saturated carbocycles. The lowest BCUT2D eigenvalue weighted by molar-refractivity contribution is 0.575. The fourth-order valence-corrected chi connectivity index (χ4v) is 3.61. The second kappa shape index (κ2) is 4.57. The molecular formula is C16H14F2S. The molecule has 0 aliphatic heterocycles. The van der Waals surface area contributed by atoms with E-state index in [2.05, 4.69) is 24.9 Å². The molecule has 1 aromatic carbocycles. The first-order valence-corrected chi connectivity index (χ1v) is 7.14. The van der Waals surface area contributed by atoms with Crippen molar-refractivity contribution in [2.24, 2.45) is 5.92 Å². The van der Waals surface area contributed by atoms with Crippen molar-refractivity contribution in [3.63, 3.8) is 0 Å². The summed E-state index contributed by atoms with van der Waals surface area (Å²) in [5.41, 5.74) is 1.89. The number of thiophene rings is 1. The number of benzene rings is 1. The van der Waals surface area contributed by atoms with Gasteiger partial charge in [-0.1, -0.05) is 12.6 Å². The summed E-state index contributed by atoms with van der Waals surface area (Å²) in [5.74, 6) is -0.481. The van der Waals surface area contributed by atoms with E-state index in [1.54, 1.807) is 11.3 Å². The minimum absolute atomic E-state index is 0.0586.